The second-order valence-corrected chi connectivity index (χ2v) is 8.15. The van der Waals surface area contributed by atoms with Gasteiger partial charge in [0.05, 0.1) is 16.7 Å². The SMILES string of the molecule is Cc1cccc(C)c1NC(=O)COC(=O)c1ccc2c(c1)C(=O)N(CCc1ccccc1)C2=O. The topological polar surface area (TPSA) is 92.8 Å². The van der Waals surface area contributed by atoms with Crippen molar-refractivity contribution in [3.63, 3.8) is 0 Å². The summed E-state index contributed by atoms with van der Waals surface area (Å²) in [4.78, 5) is 51.5. The van der Waals surface area contributed by atoms with Crippen LogP contribution >= 0.6 is 0 Å². The second kappa shape index (κ2) is 9.70. The van der Waals surface area contributed by atoms with Crippen LogP contribution in [0.3, 0.4) is 0 Å². The number of carbonyl (C=O) groups excluding carboxylic acids is 4. The zero-order valence-electron chi connectivity index (χ0n) is 19.0. The smallest absolute Gasteiger partial charge is 0.338 e. The third-order valence-electron chi connectivity index (χ3n) is 5.75. The van der Waals surface area contributed by atoms with Gasteiger partial charge in [-0.1, -0.05) is 48.5 Å². The molecule has 4 rings (SSSR count). The lowest BCUT2D eigenvalue weighted by Crippen LogP contribution is -2.31. The van der Waals surface area contributed by atoms with Crippen molar-refractivity contribution in [3.8, 4) is 0 Å². The van der Waals surface area contributed by atoms with E-state index in [0.29, 0.717) is 12.1 Å². The molecule has 0 aromatic heterocycles. The molecule has 7 nitrogen and oxygen atoms in total. The Hall–Kier alpha value is -4.26. The van der Waals surface area contributed by atoms with Crippen LogP contribution in [0, 0.1) is 13.8 Å². The summed E-state index contributed by atoms with van der Waals surface area (Å²) in [7, 11) is 0. The summed E-state index contributed by atoms with van der Waals surface area (Å²) < 4.78 is 5.14. The minimum atomic E-state index is -0.748. The number of fused-ring (bicyclic) bond motifs is 1. The summed E-state index contributed by atoms with van der Waals surface area (Å²) >= 11 is 0. The quantitative estimate of drug-likeness (QED) is 0.429. The summed E-state index contributed by atoms with van der Waals surface area (Å²) in [5, 5.41) is 2.75. The number of nitrogens with zero attached hydrogens (tertiary/aromatic N) is 1. The number of imide groups is 1. The number of ether oxygens (including phenoxy) is 1. The summed E-state index contributed by atoms with van der Waals surface area (Å²) in [6.07, 6.45) is 0.538. The van der Waals surface area contributed by atoms with Crippen LogP contribution < -0.4 is 5.32 Å². The Labute approximate surface area is 197 Å². The fraction of sp³-hybridized carbons (Fsp3) is 0.185. The van der Waals surface area contributed by atoms with E-state index < -0.39 is 24.4 Å². The van der Waals surface area contributed by atoms with E-state index in [1.165, 1.54) is 23.1 Å². The van der Waals surface area contributed by atoms with Crippen molar-refractivity contribution in [2.24, 2.45) is 0 Å². The van der Waals surface area contributed by atoms with Crippen LogP contribution in [-0.2, 0) is 16.0 Å². The van der Waals surface area contributed by atoms with Gasteiger partial charge in [0.25, 0.3) is 17.7 Å². The molecule has 0 bridgehead atoms. The molecule has 0 atom stereocenters. The Morgan fingerprint density at radius 2 is 1.53 bits per heavy atom. The Kier molecular flexibility index (Phi) is 6.54. The van der Waals surface area contributed by atoms with E-state index >= 15 is 0 Å². The number of para-hydroxylation sites is 1. The molecule has 1 heterocycles. The Morgan fingerprint density at radius 3 is 2.24 bits per heavy atom. The fourth-order valence-corrected chi connectivity index (χ4v) is 3.91. The summed E-state index contributed by atoms with van der Waals surface area (Å²) in [5.41, 5.74) is 4.01. The Balaban J connectivity index is 1.39. The number of benzene rings is 3. The van der Waals surface area contributed by atoms with E-state index in [2.05, 4.69) is 5.32 Å². The minimum absolute atomic E-state index is 0.102. The van der Waals surface area contributed by atoms with E-state index in [0.717, 1.165) is 16.7 Å². The molecule has 0 saturated heterocycles. The number of hydrogen-bond donors (Lipinski definition) is 1. The van der Waals surface area contributed by atoms with Crippen molar-refractivity contribution in [1.29, 1.82) is 0 Å². The highest BCUT2D eigenvalue weighted by molar-refractivity contribution is 6.22. The number of anilines is 1. The van der Waals surface area contributed by atoms with Gasteiger partial charge in [0.15, 0.2) is 6.61 Å². The number of amides is 3. The highest BCUT2D eigenvalue weighted by Gasteiger charge is 2.35. The van der Waals surface area contributed by atoms with E-state index in [-0.39, 0.29) is 29.1 Å². The molecule has 1 aliphatic heterocycles. The third kappa shape index (κ3) is 4.73. The molecular formula is C27H24N2O5. The van der Waals surface area contributed by atoms with Crippen LogP contribution in [0.1, 0.15) is 47.8 Å². The molecule has 3 aromatic carbocycles. The number of esters is 1. The van der Waals surface area contributed by atoms with Crippen molar-refractivity contribution in [2.45, 2.75) is 20.3 Å². The van der Waals surface area contributed by atoms with Crippen LogP contribution in [0.5, 0.6) is 0 Å². The number of hydrogen-bond acceptors (Lipinski definition) is 5. The number of rotatable bonds is 7. The van der Waals surface area contributed by atoms with E-state index in [1.807, 2.05) is 62.4 Å². The van der Waals surface area contributed by atoms with E-state index in [1.54, 1.807) is 0 Å². The van der Waals surface area contributed by atoms with Crippen LogP contribution in [0.25, 0.3) is 0 Å². The predicted molar refractivity (Wildman–Crippen MR) is 127 cm³/mol. The minimum Gasteiger partial charge on any atom is -0.452 e. The maximum Gasteiger partial charge on any atom is 0.338 e. The number of aryl methyl sites for hydroxylation is 2. The molecule has 0 aliphatic carbocycles. The molecular weight excluding hydrogens is 432 g/mol. The molecule has 0 radical (unpaired) electrons. The standard InChI is InChI=1S/C27H24N2O5/c1-17-7-6-8-18(2)24(17)28-23(30)16-34-27(33)20-11-12-21-22(15-20)26(32)29(25(21)31)14-13-19-9-4-3-5-10-19/h3-12,15H,13-14,16H2,1-2H3,(H,28,30). The van der Waals surface area contributed by atoms with Gasteiger partial charge in [-0.05, 0) is 55.2 Å². The van der Waals surface area contributed by atoms with Crippen molar-refractivity contribution < 1.29 is 23.9 Å². The molecule has 3 aromatic rings. The monoisotopic (exact) mass is 456 g/mol. The second-order valence-electron chi connectivity index (χ2n) is 8.15. The Morgan fingerprint density at radius 1 is 0.853 bits per heavy atom. The molecule has 1 N–H and O–H groups in total. The van der Waals surface area contributed by atoms with Crippen molar-refractivity contribution in [1.82, 2.24) is 4.90 Å². The summed E-state index contributed by atoms with van der Waals surface area (Å²) in [5.74, 6) is -2.05. The van der Waals surface area contributed by atoms with Gasteiger partial charge in [-0.2, -0.15) is 0 Å². The lowest BCUT2D eigenvalue weighted by atomic mass is 10.1. The van der Waals surface area contributed by atoms with Crippen molar-refractivity contribution in [3.05, 3.63) is 100 Å². The van der Waals surface area contributed by atoms with Crippen LogP contribution in [0.4, 0.5) is 5.69 Å². The van der Waals surface area contributed by atoms with Gasteiger partial charge in [-0.25, -0.2) is 4.79 Å². The lowest BCUT2D eigenvalue weighted by molar-refractivity contribution is -0.119. The first-order valence-corrected chi connectivity index (χ1v) is 10.9. The van der Waals surface area contributed by atoms with Gasteiger partial charge in [0, 0.05) is 12.2 Å². The molecule has 1 aliphatic rings. The highest BCUT2D eigenvalue weighted by atomic mass is 16.5. The van der Waals surface area contributed by atoms with Gasteiger partial charge < -0.3 is 10.1 Å². The van der Waals surface area contributed by atoms with Crippen LogP contribution in [0.2, 0.25) is 0 Å². The molecule has 7 heteroatoms. The first-order valence-electron chi connectivity index (χ1n) is 10.9. The normalized spacial score (nSPS) is 12.5. The molecule has 34 heavy (non-hydrogen) atoms. The average Bonchev–Trinajstić information content (AvgIpc) is 3.08. The maximum atomic E-state index is 12.8. The van der Waals surface area contributed by atoms with E-state index in [4.69, 9.17) is 4.74 Å². The van der Waals surface area contributed by atoms with Crippen LogP contribution in [0.15, 0.2) is 66.7 Å². The van der Waals surface area contributed by atoms with Gasteiger partial charge in [0.1, 0.15) is 0 Å². The summed E-state index contributed by atoms with van der Waals surface area (Å²) in [6.45, 7) is 3.52. The maximum absolute atomic E-state index is 12.8. The number of nitrogens with one attached hydrogen (secondary N) is 1. The zero-order valence-corrected chi connectivity index (χ0v) is 19.0. The predicted octanol–water partition coefficient (Wildman–Crippen LogP) is 3.94. The fourth-order valence-electron chi connectivity index (χ4n) is 3.91. The van der Waals surface area contributed by atoms with Crippen LogP contribution in [-0.4, -0.2) is 41.7 Å². The first-order chi connectivity index (χ1) is 16.3. The third-order valence-corrected chi connectivity index (χ3v) is 5.75. The molecule has 172 valence electrons. The molecule has 0 saturated carbocycles. The van der Waals surface area contributed by atoms with Gasteiger partial charge in [-0.15, -0.1) is 0 Å². The van der Waals surface area contributed by atoms with E-state index in [9.17, 15) is 19.2 Å². The average molecular weight is 456 g/mol. The van der Waals surface area contributed by atoms with Gasteiger partial charge in [0.2, 0.25) is 0 Å². The molecule has 3 amide bonds. The van der Waals surface area contributed by atoms with Crippen molar-refractivity contribution >= 4 is 29.4 Å². The van der Waals surface area contributed by atoms with Gasteiger partial charge in [-0.3, -0.25) is 19.3 Å². The van der Waals surface area contributed by atoms with Crippen molar-refractivity contribution in [2.75, 3.05) is 18.5 Å². The number of carbonyl (C=O) groups is 4. The zero-order chi connectivity index (χ0) is 24.2. The largest absolute Gasteiger partial charge is 0.452 e. The lowest BCUT2D eigenvalue weighted by Gasteiger charge is -2.13. The Bertz CT molecular complexity index is 1260. The first kappa shape index (κ1) is 22.9. The summed E-state index contributed by atoms with van der Waals surface area (Å²) in [6, 6.07) is 19.4. The molecule has 0 unspecified atom stereocenters. The highest BCUT2D eigenvalue weighted by Crippen LogP contribution is 2.25. The van der Waals surface area contributed by atoms with Gasteiger partial charge >= 0.3 is 5.97 Å². The molecule has 0 fully saturated rings. The molecule has 0 spiro atoms.